The van der Waals surface area contributed by atoms with E-state index in [0.717, 1.165) is 25.7 Å². The SMILES string of the molecule is COc1ccc(C(=O)N2CCC(NC(=O)C3CCCCC3)CC2)cc1[N+](=O)[O-]. The zero-order valence-corrected chi connectivity index (χ0v) is 16.2. The maximum Gasteiger partial charge on any atom is 0.311 e. The molecule has 0 unspecified atom stereocenters. The minimum Gasteiger partial charge on any atom is -0.490 e. The number of rotatable bonds is 5. The first-order chi connectivity index (χ1) is 13.5. The average molecular weight is 389 g/mol. The van der Waals surface area contributed by atoms with Crippen LogP contribution in [0.3, 0.4) is 0 Å². The summed E-state index contributed by atoms with van der Waals surface area (Å²) < 4.78 is 4.98. The molecule has 1 aliphatic heterocycles. The van der Waals surface area contributed by atoms with Gasteiger partial charge in [-0.2, -0.15) is 0 Å². The van der Waals surface area contributed by atoms with Crippen LogP contribution in [0.5, 0.6) is 5.75 Å². The van der Waals surface area contributed by atoms with Crippen LogP contribution < -0.4 is 10.1 Å². The van der Waals surface area contributed by atoms with Gasteiger partial charge in [0.15, 0.2) is 5.75 Å². The molecule has 8 nitrogen and oxygen atoms in total. The molecule has 2 amide bonds. The Bertz CT molecular complexity index is 737. The smallest absolute Gasteiger partial charge is 0.311 e. The molecular formula is C20H27N3O5. The van der Waals surface area contributed by atoms with Crippen LogP contribution >= 0.6 is 0 Å². The van der Waals surface area contributed by atoms with Crippen molar-refractivity contribution in [3.63, 3.8) is 0 Å². The van der Waals surface area contributed by atoms with Gasteiger partial charge in [-0.25, -0.2) is 0 Å². The molecule has 3 rings (SSSR count). The predicted octanol–water partition coefficient (Wildman–Crippen LogP) is 2.90. The molecule has 2 fully saturated rings. The summed E-state index contributed by atoms with van der Waals surface area (Å²) in [4.78, 5) is 37.4. The Hall–Kier alpha value is -2.64. The zero-order valence-electron chi connectivity index (χ0n) is 16.2. The molecule has 8 heteroatoms. The number of carbonyl (C=O) groups excluding carboxylic acids is 2. The minimum absolute atomic E-state index is 0.0867. The topological polar surface area (TPSA) is 102 Å². The Labute approximate surface area is 164 Å². The second-order valence-corrected chi connectivity index (χ2v) is 7.55. The van der Waals surface area contributed by atoms with Crippen molar-refractivity contribution < 1.29 is 19.2 Å². The fraction of sp³-hybridized carbons (Fsp3) is 0.600. The quantitative estimate of drug-likeness (QED) is 0.616. The molecule has 1 aliphatic carbocycles. The van der Waals surface area contributed by atoms with Gasteiger partial charge in [0.1, 0.15) is 0 Å². The lowest BCUT2D eigenvalue weighted by molar-refractivity contribution is -0.385. The molecule has 0 spiro atoms. The fourth-order valence-corrected chi connectivity index (χ4v) is 4.06. The molecule has 0 atom stereocenters. The van der Waals surface area contributed by atoms with E-state index in [1.165, 1.54) is 25.7 Å². The fourth-order valence-electron chi connectivity index (χ4n) is 4.06. The van der Waals surface area contributed by atoms with Gasteiger partial charge >= 0.3 is 5.69 Å². The maximum atomic E-state index is 12.7. The first-order valence-electron chi connectivity index (χ1n) is 9.91. The Morgan fingerprint density at radius 3 is 2.43 bits per heavy atom. The summed E-state index contributed by atoms with van der Waals surface area (Å²) in [5, 5.41) is 14.3. The Balaban J connectivity index is 1.55. The molecule has 1 N–H and O–H groups in total. The highest BCUT2D eigenvalue weighted by Gasteiger charge is 2.28. The Kier molecular flexibility index (Phi) is 6.49. The average Bonchev–Trinajstić information content (AvgIpc) is 2.73. The number of amides is 2. The van der Waals surface area contributed by atoms with Gasteiger partial charge in [0.05, 0.1) is 12.0 Å². The molecule has 0 radical (unpaired) electrons. The molecule has 1 saturated carbocycles. The van der Waals surface area contributed by atoms with Crippen LogP contribution in [0, 0.1) is 16.0 Å². The van der Waals surface area contributed by atoms with E-state index in [0.29, 0.717) is 25.9 Å². The van der Waals surface area contributed by atoms with Crippen molar-refractivity contribution in [3.05, 3.63) is 33.9 Å². The lowest BCUT2D eigenvalue weighted by Gasteiger charge is -2.33. The molecule has 152 valence electrons. The van der Waals surface area contributed by atoms with Crippen LogP contribution in [-0.2, 0) is 4.79 Å². The third-order valence-electron chi connectivity index (χ3n) is 5.73. The van der Waals surface area contributed by atoms with Crippen LogP contribution in [-0.4, -0.2) is 47.9 Å². The van der Waals surface area contributed by atoms with Gasteiger partial charge in [0.2, 0.25) is 5.91 Å². The number of carbonyl (C=O) groups is 2. The summed E-state index contributed by atoms with van der Waals surface area (Å²) in [5.41, 5.74) is 0.0557. The van der Waals surface area contributed by atoms with Crippen LogP contribution in [0.4, 0.5) is 5.69 Å². The lowest BCUT2D eigenvalue weighted by Crippen LogP contribution is -2.48. The number of hydrogen-bond acceptors (Lipinski definition) is 5. The number of nitro benzene ring substituents is 1. The first-order valence-corrected chi connectivity index (χ1v) is 9.91. The van der Waals surface area contributed by atoms with E-state index in [-0.39, 0.29) is 40.8 Å². The molecule has 28 heavy (non-hydrogen) atoms. The van der Waals surface area contributed by atoms with E-state index in [2.05, 4.69) is 5.32 Å². The third-order valence-corrected chi connectivity index (χ3v) is 5.73. The van der Waals surface area contributed by atoms with Gasteiger partial charge in [0, 0.05) is 36.7 Å². The number of likely N-dealkylation sites (tertiary alicyclic amines) is 1. The van der Waals surface area contributed by atoms with Crippen LogP contribution in [0.2, 0.25) is 0 Å². The van der Waals surface area contributed by atoms with Crippen molar-refractivity contribution in [2.24, 2.45) is 5.92 Å². The van der Waals surface area contributed by atoms with Crippen LogP contribution in [0.25, 0.3) is 0 Å². The van der Waals surface area contributed by atoms with Gasteiger partial charge in [-0.3, -0.25) is 19.7 Å². The first kappa shape index (κ1) is 20.1. The molecule has 1 aromatic rings. The van der Waals surface area contributed by atoms with E-state index in [9.17, 15) is 19.7 Å². The summed E-state index contributed by atoms with van der Waals surface area (Å²) in [6.07, 6.45) is 6.80. The molecular weight excluding hydrogens is 362 g/mol. The number of piperidine rings is 1. The molecule has 1 aromatic carbocycles. The van der Waals surface area contributed by atoms with E-state index in [4.69, 9.17) is 4.74 Å². The number of nitrogens with one attached hydrogen (secondary N) is 1. The summed E-state index contributed by atoms with van der Waals surface area (Å²) in [7, 11) is 1.36. The van der Waals surface area contributed by atoms with E-state index < -0.39 is 4.92 Å². The molecule has 2 aliphatic rings. The van der Waals surface area contributed by atoms with Crippen molar-refractivity contribution in [1.29, 1.82) is 0 Å². The number of nitrogens with zero attached hydrogens (tertiary/aromatic N) is 2. The Morgan fingerprint density at radius 2 is 1.82 bits per heavy atom. The van der Waals surface area contributed by atoms with Gasteiger partial charge in [-0.1, -0.05) is 19.3 Å². The van der Waals surface area contributed by atoms with Crippen molar-refractivity contribution in [3.8, 4) is 5.75 Å². The normalized spacial score (nSPS) is 18.5. The lowest BCUT2D eigenvalue weighted by atomic mass is 9.88. The maximum absolute atomic E-state index is 12.7. The monoisotopic (exact) mass is 389 g/mol. The molecule has 0 bridgehead atoms. The van der Waals surface area contributed by atoms with Gasteiger partial charge in [-0.05, 0) is 37.8 Å². The second kappa shape index (κ2) is 9.03. The molecule has 1 heterocycles. The number of ether oxygens (including phenoxy) is 1. The van der Waals surface area contributed by atoms with Crippen molar-refractivity contribution in [1.82, 2.24) is 10.2 Å². The second-order valence-electron chi connectivity index (χ2n) is 7.55. The highest BCUT2D eigenvalue weighted by Crippen LogP contribution is 2.28. The van der Waals surface area contributed by atoms with E-state index >= 15 is 0 Å². The predicted molar refractivity (Wildman–Crippen MR) is 103 cm³/mol. The number of benzene rings is 1. The summed E-state index contributed by atoms with van der Waals surface area (Å²) in [6, 6.07) is 4.34. The number of nitro groups is 1. The molecule has 1 saturated heterocycles. The highest BCUT2D eigenvalue weighted by atomic mass is 16.6. The summed E-state index contributed by atoms with van der Waals surface area (Å²) in [6.45, 7) is 1.04. The largest absolute Gasteiger partial charge is 0.490 e. The van der Waals surface area contributed by atoms with Gasteiger partial charge in [-0.15, -0.1) is 0 Å². The summed E-state index contributed by atoms with van der Waals surface area (Å²) in [5.74, 6) is 0.178. The molecule has 0 aromatic heterocycles. The van der Waals surface area contributed by atoms with E-state index in [1.54, 1.807) is 11.0 Å². The number of hydrogen-bond donors (Lipinski definition) is 1. The van der Waals surface area contributed by atoms with Crippen LogP contribution in [0.1, 0.15) is 55.3 Å². The van der Waals surface area contributed by atoms with Crippen molar-refractivity contribution in [2.75, 3.05) is 20.2 Å². The minimum atomic E-state index is -0.553. The summed E-state index contributed by atoms with van der Waals surface area (Å²) >= 11 is 0. The number of methoxy groups -OCH3 is 1. The van der Waals surface area contributed by atoms with Crippen molar-refractivity contribution in [2.45, 2.75) is 51.0 Å². The third kappa shape index (κ3) is 4.61. The van der Waals surface area contributed by atoms with Gasteiger partial charge < -0.3 is 15.0 Å². The van der Waals surface area contributed by atoms with Crippen LogP contribution in [0.15, 0.2) is 18.2 Å². The Morgan fingerprint density at radius 1 is 1.14 bits per heavy atom. The zero-order chi connectivity index (χ0) is 20.1. The standard InChI is InChI=1S/C20H27N3O5/c1-28-18-8-7-15(13-17(18)23(26)27)20(25)22-11-9-16(10-12-22)21-19(24)14-5-3-2-4-6-14/h7-8,13-14,16H,2-6,9-12H2,1H3,(H,21,24). The highest BCUT2D eigenvalue weighted by molar-refractivity contribution is 5.95. The van der Waals surface area contributed by atoms with Crippen molar-refractivity contribution >= 4 is 17.5 Å². The van der Waals surface area contributed by atoms with Gasteiger partial charge in [0.25, 0.3) is 5.91 Å². The van der Waals surface area contributed by atoms with E-state index in [1.807, 2.05) is 0 Å².